The summed E-state index contributed by atoms with van der Waals surface area (Å²) < 4.78 is 26.8. The van der Waals surface area contributed by atoms with Gasteiger partial charge >= 0.3 is 5.97 Å². The van der Waals surface area contributed by atoms with E-state index in [1.165, 1.54) is 108 Å². The number of amides is 5. The normalized spacial score (nSPS) is 12.2. The Kier molecular flexibility index (Phi) is 30.8. The number of carbonyl (C=O) groups is 10. The van der Waals surface area contributed by atoms with E-state index in [1.807, 2.05) is 0 Å². The minimum atomic E-state index is -1.06. The first kappa shape index (κ1) is 74.4. The number of nitrogens with two attached hydrogens (primary N) is 5. The van der Waals surface area contributed by atoms with Crippen molar-refractivity contribution in [3.63, 3.8) is 0 Å². The van der Waals surface area contributed by atoms with Crippen LogP contribution in [0.5, 0.6) is 23.0 Å². The average molecular weight is 1280 g/mol. The van der Waals surface area contributed by atoms with Crippen molar-refractivity contribution in [2.75, 3.05) is 61.7 Å². The van der Waals surface area contributed by atoms with Crippen LogP contribution in [0.25, 0.3) is 0 Å². The van der Waals surface area contributed by atoms with Crippen molar-refractivity contribution in [3.05, 3.63) is 153 Å². The van der Waals surface area contributed by atoms with Crippen LogP contribution < -0.4 is 68.9 Å². The maximum atomic E-state index is 14.4. The molecular weight excluding hydrogens is 1190 g/mol. The molecule has 500 valence electrons. The third-order valence-electron chi connectivity index (χ3n) is 15.7. The molecule has 0 bridgehead atoms. The number of rotatable bonds is 42. The molecule has 24 nitrogen and oxygen atoms in total. The second-order valence-corrected chi connectivity index (χ2v) is 22.4. The van der Waals surface area contributed by atoms with E-state index in [4.69, 9.17) is 52.4 Å². The Morgan fingerprint density at radius 3 is 0.860 bits per heavy atom. The summed E-state index contributed by atoms with van der Waals surface area (Å²) in [6, 6.07) is 20.4. The second kappa shape index (κ2) is 38.5. The van der Waals surface area contributed by atoms with E-state index < -0.39 is 71.2 Å². The summed E-state index contributed by atoms with van der Waals surface area (Å²) in [6.07, 6.45) is 4.42. The molecule has 0 fully saturated rings. The smallest absolute Gasteiger partial charge is 0.337 e. The summed E-state index contributed by atoms with van der Waals surface area (Å²) >= 11 is 0. The topological polar surface area (TPSA) is 395 Å². The van der Waals surface area contributed by atoms with E-state index in [9.17, 15) is 47.9 Å². The summed E-state index contributed by atoms with van der Waals surface area (Å²) in [6.45, 7) is 1.40. The van der Waals surface area contributed by atoms with Gasteiger partial charge in [-0.15, -0.1) is 0 Å². The van der Waals surface area contributed by atoms with Crippen LogP contribution in [-0.4, -0.2) is 145 Å². The Bertz CT molecular complexity index is 3410. The molecule has 4 atom stereocenters. The summed E-state index contributed by atoms with van der Waals surface area (Å²) in [7, 11) is 6.77. The van der Waals surface area contributed by atoms with Crippen LogP contribution in [0.1, 0.15) is 161 Å². The van der Waals surface area contributed by atoms with Crippen molar-refractivity contribution in [1.29, 1.82) is 0 Å². The predicted molar refractivity (Wildman–Crippen MR) is 350 cm³/mol. The number of methoxy groups -OCH3 is 5. The van der Waals surface area contributed by atoms with Gasteiger partial charge in [0.25, 0.3) is 29.5 Å². The molecule has 0 aliphatic rings. The molecule has 0 saturated heterocycles. The van der Waals surface area contributed by atoms with Crippen molar-refractivity contribution in [3.8, 4) is 23.0 Å². The first-order valence-corrected chi connectivity index (χ1v) is 31.1. The van der Waals surface area contributed by atoms with Gasteiger partial charge in [-0.1, -0.05) is 24.3 Å². The van der Waals surface area contributed by atoms with Crippen LogP contribution in [-0.2, 0) is 49.6 Å². The molecule has 0 spiro atoms. The monoisotopic (exact) mass is 1280 g/mol. The lowest BCUT2D eigenvalue weighted by atomic mass is 9.95. The van der Waals surface area contributed by atoms with Crippen molar-refractivity contribution in [1.82, 2.24) is 21.3 Å². The zero-order chi connectivity index (χ0) is 68.0. The van der Waals surface area contributed by atoms with E-state index in [0.717, 1.165) is 0 Å². The highest BCUT2D eigenvalue weighted by molar-refractivity contribution is 6.04. The van der Waals surface area contributed by atoms with Gasteiger partial charge in [0.2, 0.25) is 0 Å². The van der Waals surface area contributed by atoms with Crippen LogP contribution in [0.4, 0.5) is 0 Å². The molecule has 5 aromatic carbocycles. The molecule has 24 heteroatoms. The molecule has 0 aliphatic heterocycles. The van der Waals surface area contributed by atoms with E-state index in [1.54, 1.807) is 24.3 Å². The number of benzene rings is 5. The lowest BCUT2D eigenvalue weighted by molar-refractivity contribution is -0.121. The van der Waals surface area contributed by atoms with Gasteiger partial charge in [0.05, 0.1) is 87.5 Å². The first-order chi connectivity index (χ1) is 44.8. The Balaban J connectivity index is 1.33. The number of esters is 1. The molecule has 5 amide bonds. The van der Waals surface area contributed by atoms with Gasteiger partial charge < -0.3 is 73.6 Å². The van der Waals surface area contributed by atoms with E-state index in [0.29, 0.717) is 99.8 Å². The predicted octanol–water partition coefficient (Wildman–Crippen LogP) is 4.76. The van der Waals surface area contributed by atoms with Gasteiger partial charge in [-0.3, -0.25) is 43.2 Å². The average Bonchev–Trinajstić information content (AvgIpc) is 1.25. The second-order valence-electron chi connectivity index (χ2n) is 22.4. The lowest BCUT2D eigenvalue weighted by Crippen LogP contribution is -2.42. The number of ketones is 4. The van der Waals surface area contributed by atoms with Crippen molar-refractivity contribution < 1.29 is 71.6 Å². The van der Waals surface area contributed by atoms with Crippen LogP contribution in [0, 0.1) is 0 Å². The Morgan fingerprint density at radius 1 is 0.344 bits per heavy atom. The molecule has 5 rings (SSSR count). The first-order valence-electron chi connectivity index (χ1n) is 31.1. The Labute approximate surface area is 542 Å². The maximum Gasteiger partial charge on any atom is 0.337 e. The van der Waals surface area contributed by atoms with E-state index >= 15 is 0 Å². The van der Waals surface area contributed by atoms with Gasteiger partial charge in [0, 0.05) is 31.2 Å². The molecule has 14 N–H and O–H groups in total. The van der Waals surface area contributed by atoms with E-state index in [-0.39, 0.29) is 119 Å². The molecule has 0 heterocycles. The van der Waals surface area contributed by atoms with Gasteiger partial charge in [-0.25, -0.2) is 4.79 Å². The minimum absolute atomic E-state index is 0.0222. The molecule has 93 heavy (non-hydrogen) atoms. The number of hydrogen-bond donors (Lipinski definition) is 9. The molecule has 0 unspecified atom stereocenters. The summed E-state index contributed by atoms with van der Waals surface area (Å²) in [5, 5.41) is 11.4. The highest BCUT2D eigenvalue weighted by Gasteiger charge is 2.30. The fraction of sp³-hybridized carbons (Fsp3) is 0.420. The number of primary amides is 1. The zero-order valence-electron chi connectivity index (χ0n) is 53.7. The largest absolute Gasteiger partial charge is 0.496 e. The van der Waals surface area contributed by atoms with Crippen LogP contribution in [0.3, 0.4) is 0 Å². The van der Waals surface area contributed by atoms with Gasteiger partial charge in [-0.2, -0.15) is 0 Å². The third-order valence-corrected chi connectivity index (χ3v) is 15.7. The molecular formula is C69H89N9O15. The summed E-state index contributed by atoms with van der Waals surface area (Å²) in [4.78, 5) is 137. The number of hydrogen-bond acceptors (Lipinski definition) is 19. The Hall–Kier alpha value is -9.36. The number of nitrogens with one attached hydrogen (secondary N) is 4. The molecule has 0 radical (unpaired) electrons. The van der Waals surface area contributed by atoms with Crippen molar-refractivity contribution >= 4 is 58.6 Å². The SMILES string of the molecule is COC(=O)c1ccc(C(=O)N[C@@H](CCCCN)C(=O)Cc2ccc(OC)c(C(=O)N[C@@H](CCCCN)C(=O)Cc3ccc(OC)c(C(=O)N[C@@H](CCCCN)C(=O)Cc4ccc(OC)c(C(=O)N[C@@H](CCCCN)C(=O)Cc5ccc(OC)c(C(N)=O)c5)c4)c3)c2)cc1. The summed E-state index contributed by atoms with van der Waals surface area (Å²) in [5.41, 5.74) is 31.2. The van der Waals surface area contributed by atoms with Crippen molar-refractivity contribution in [2.45, 2.75) is 127 Å². The summed E-state index contributed by atoms with van der Waals surface area (Å²) in [5.74, 6) is -4.56. The molecule has 5 aromatic rings. The zero-order valence-corrected chi connectivity index (χ0v) is 53.7. The molecule has 0 aromatic heterocycles. The third kappa shape index (κ3) is 22.5. The fourth-order valence-electron chi connectivity index (χ4n) is 10.5. The minimum Gasteiger partial charge on any atom is -0.496 e. The number of ether oxygens (including phenoxy) is 5. The van der Waals surface area contributed by atoms with Crippen LogP contribution in [0.2, 0.25) is 0 Å². The van der Waals surface area contributed by atoms with Crippen LogP contribution >= 0.6 is 0 Å². The highest BCUT2D eigenvalue weighted by atomic mass is 16.5. The number of unbranched alkanes of at least 4 members (excludes halogenated alkanes) is 4. The quantitative estimate of drug-likeness (QED) is 0.0188. The Morgan fingerprint density at radius 2 is 0.602 bits per heavy atom. The molecule has 0 aliphatic carbocycles. The van der Waals surface area contributed by atoms with E-state index in [2.05, 4.69) is 21.3 Å². The highest BCUT2D eigenvalue weighted by Crippen LogP contribution is 2.27. The van der Waals surface area contributed by atoms with Gasteiger partial charge in [0.1, 0.15) is 23.0 Å². The van der Waals surface area contributed by atoms with Crippen molar-refractivity contribution in [2.24, 2.45) is 28.7 Å². The van der Waals surface area contributed by atoms with Gasteiger partial charge in [-0.05, 0) is 198 Å². The van der Waals surface area contributed by atoms with Crippen LogP contribution in [0.15, 0.2) is 97.1 Å². The van der Waals surface area contributed by atoms with Gasteiger partial charge in [0.15, 0.2) is 23.1 Å². The molecule has 0 saturated carbocycles. The number of carbonyl (C=O) groups excluding carboxylic acids is 10. The fourth-order valence-corrected chi connectivity index (χ4v) is 10.5. The number of Topliss-reactive ketones (excluding diaryl/α,β-unsaturated/α-hetero) is 4. The standard InChI is InChI=1S/C69H89N9O15/c1-89-60-26-18-42(34-48(60)64(74)83)38-57(80)53(15-7-11-31-71)76-66(85)50-36-44(20-28-62(50)91-3)40-59(82)55(17-9-13-33-73)78-68(87)51-37-45(21-29-63(51)92-4)41-58(81)54(16-8-12-32-72)77-67(86)49-35-43(19-27-61(49)90-2)39-56(79)52(14-6-10-30-70)75-65(84)46-22-24-47(25-23-46)69(88)93-5/h18-29,34-37,52-55H,6-17,30-33,38-41,70-73H2,1-5H3,(H2,74,83)(H,75,84)(H,76,85)(H,77,86)(H,78,87)/t52-,53-,54-,55-/m0/s1. The maximum absolute atomic E-state index is 14.4. The lowest BCUT2D eigenvalue weighted by Gasteiger charge is -2.21.